The fourth-order valence-corrected chi connectivity index (χ4v) is 7.45. The Balaban J connectivity index is 0.931. The molecule has 5 aliphatic rings. The van der Waals surface area contributed by atoms with E-state index in [4.69, 9.17) is 18.9 Å². The number of unbranched alkanes of at least 4 members (excludes halogenated alkanes) is 1. The summed E-state index contributed by atoms with van der Waals surface area (Å²) in [6.45, 7) is 0.129. The lowest BCUT2D eigenvalue weighted by Crippen LogP contribution is -2.66. The van der Waals surface area contributed by atoms with Gasteiger partial charge in [-0.15, -0.1) is 0 Å². The van der Waals surface area contributed by atoms with Crippen LogP contribution in [0.3, 0.4) is 0 Å². The highest BCUT2D eigenvalue weighted by atomic mass is 32.2. The van der Waals surface area contributed by atoms with Crippen LogP contribution in [0.4, 0.5) is 4.79 Å². The molecule has 226 valence electrons. The number of ether oxygens (including phenoxy) is 4. The highest BCUT2D eigenvalue weighted by molar-refractivity contribution is 8.00. The number of imide groups is 1. The summed E-state index contributed by atoms with van der Waals surface area (Å²) in [5.41, 5.74) is 1.44. The van der Waals surface area contributed by atoms with Crippen LogP contribution in [0.25, 0.3) is 0 Å². The second-order valence-corrected chi connectivity index (χ2v) is 12.2. The van der Waals surface area contributed by atoms with E-state index in [1.807, 2.05) is 11.8 Å². The predicted octanol–water partition coefficient (Wildman–Crippen LogP) is 0.241. The molecule has 0 spiro atoms. The standard InChI is InChI=1S/C28H33N3O10S/c32-19-9-10-20(33)31(19)26-24(36)23(35)25-17(40-26)12-39-27(41-25)15-7-5-14(6-8-15)11-38-21(34)4-2-1-3-18-22-16(13-42-18)29-28(37)30-22/h5-10,16-18,22-27,35-36H,1-4,11-13H2,(H2,29,30,37)/t16-,17+,18-,22-,23+,24+,25?,26+,27?/m0/s1/i12+1,17+1,23+1,24+1,25+1,26+1. The number of benzene rings is 1. The van der Waals surface area contributed by atoms with Crippen molar-refractivity contribution in [1.29, 1.82) is 0 Å². The highest BCUT2D eigenvalue weighted by Gasteiger charge is 2.52. The molecule has 42 heavy (non-hydrogen) atoms. The molecule has 1 aromatic carbocycles. The van der Waals surface area contributed by atoms with Gasteiger partial charge in [-0.3, -0.25) is 14.4 Å². The van der Waals surface area contributed by atoms with Crippen molar-refractivity contribution in [1.82, 2.24) is 15.5 Å². The van der Waals surface area contributed by atoms with E-state index in [9.17, 15) is 29.4 Å². The van der Waals surface area contributed by atoms with Gasteiger partial charge >= 0.3 is 12.0 Å². The zero-order chi connectivity index (χ0) is 29.4. The molecule has 5 heterocycles. The van der Waals surface area contributed by atoms with E-state index in [0.717, 1.165) is 47.6 Å². The van der Waals surface area contributed by atoms with Crippen LogP contribution in [0.5, 0.6) is 0 Å². The summed E-state index contributed by atoms with van der Waals surface area (Å²) in [6, 6.07) is 7.37. The van der Waals surface area contributed by atoms with Gasteiger partial charge < -0.3 is 39.8 Å². The van der Waals surface area contributed by atoms with Crippen molar-refractivity contribution in [3.8, 4) is 0 Å². The zero-order valence-corrected chi connectivity index (χ0v) is 23.4. The number of hydrogen-bond donors (Lipinski definition) is 4. The first kappa shape index (κ1) is 29.1. The summed E-state index contributed by atoms with van der Waals surface area (Å²) >= 11 is 1.86. The molecule has 0 bridgehead atoms. The third-order valence-electron chi connectivity index (χ3n) is 8.16. The van der Waals surface area contributed by atoms with Gasteiger partial charge in [0.15, 0.2) is 12.5 Å². The highest BCUT2D eigenvalue weighted by Crippen LogP contribution is 2.36. The summed E-state index contributed by atoms with van der Waals surface area (Å²) < 4.78 is 22.9. The number of amides is 4. The van der Waals surface area contributed by atoms with E-state index in [2.05, 4.69) is 10.6 Å². The van der Waals surface area contributed by atoms with Crippen LogP contribution in [0, 0.1) is 0 Å². The van der Waals surface area contributed by atoms with E-state index < -0.39 is 48.7 Å². The fourth-order valence-electron chi connectivity index (χ4n) is 5.90. The van der Waals surface area contributed by atoms with Gasteiger partial charge in [0.25, 0.3) is 11.8 Å². The van der Waals surface area contributed by atoms with Crippen LogP contribution in [0.1, 0.15) is 43.1 Å². The van der Waals surface area contributed by atoms with E-state index in [0.29, 0.717) is 17.2 Å². The number of carbonyl (C=O) groups excluding carboxylic acids is 4. The van der Waals surface area contributed by atoms with Crippen LogP contribution in [-0.2, 0) is 39.9 Å². The van der Waals surface area contributed by atoms with Crippen LogP contribution >= 0.6 is 11.8 Å². The van der Waals surface area contributed by atoms with Crippen molar-refractivity contribution in [3.05, 3.63) is 47.5 Å². The number of aliphatic hydroxyl groups excluding tert-OH is 2. The third kappa shape index (κ3) is 5.92. The molecule has 13 nitrogen and oxygen atoms in total. The van der Waals surface area contributed by atoms with Gasteiger partial charge in [-0.05, 0) is 18.4 Å². The average Bonchev–Trinajstić information content (AvgIpc) is 3.65. The lowest BCUT2D eigenvalue weighted by atomic mass is 10.0. The van der Waals surface area contributed by atoms with Crippen LogP contribution < -0.4 is 10.6 Å². The SMILES string of the molecule is O=C1N[C@H]2[C@H](CS[C@H]2CCCCC(=O)OCc2ccc(C3O[13CH2][13C@H]4O[13C@@H](N5C(=O)C=CC5=O)[13C@H](O)[13C@@H](O)[13CH]4O3)cc2)N1. The fraction of sp³-hybridized carbons (Fsp3) is 0.571. The molecule has 4 N–H and O–H groups in total. The van der Waals surface area contributed by atoms with Crippen molar-refractivity contribution in [2.75, 3.05) is 12.4 Å². The first-order valence-corrected chi connectivity index (χ1v) is 15.1. The van der Waals surface area contributed by atoms with Crippen molar-refractivity contribution in [2.45, 2.75) is 86.6 Å². The Bertz CT molecular complexity index is 1220. The molecule has 1 aromatic rings. The van der Waals surface area contributed by atoms with Gasteiger partial charge in [0.05, 0.1) is 18.7 Å². The molecular weight excluding hydrogens is 576 g/mol. The minimum Gasteiger partial charge on any atom is -0.461 e. The summed E-state index contributed by atoms with van der Waals surface area (Å²) in [6.07, 6.45) is -1.91. The van der Waals surface area contributed by atoms with Gasteiger partial charge in [0, 0.05) is 35.1 Å². The maximum absolute atomic E-state index is 12.3. The molecule has 4 saturated heterocycles. The molecule has 9 atom stereocenters. The second kappa shape index (κ2) is 12.3. The molecule has 6 rings (SSSR count). The quantitative estimate of drug-likeness (QED) is 0.0994. The Hall–Kier alpha value is -3.01. The minimum atomic E-state index is -1.56. The monoisotopic (exact) mass is 609 g/mol. The zero-order valence-electron chi connectivity index (χ0n) is 22.6. The number of hydrogen-bond acceptors (Lipinski definition) is 11. The second-order valence-electron chi connectivity index (χ2n) is 11.0. The average molecular weight is 610 g/mol. The summed E-state index contributed by atoms with van der Waals surface area (Å²) in [5.74, 6) is -0.621. The Morgan fingerprint density at radius 3 is 2.55 bits per heavy atom. The molecule has 0 aromatic heterocycles. The molecule has 0 aliphatic carbocycles. The van der Waals surface area contributed by atoms with E-state index in [1.165, 1.54) is 0 Å². The summed E-state index contributed by atoms with van der Waals surface area (Å²) in [5, 5.41) is 27.6. The maximum Gasteiger partial charge on any atom is 0.315 e. The Labute approximate surface area is 245 Å². The largest absolute Gasteiger partial charge is 0.461 e. The smallest absolute Gasteiger partial charge is 0.315 e. The molecule has 0 radical (unpaired) electrons. The Kier molecular flexibility index (Phi) is 8.52. The van der Waals surface area contributed by atoms with Crippen molar-refractivity contribution in [2.24, 2.45) is 0 Å². The number of nitrogens with zero attached hydrogens (tertiary/aromatic N) is 1. The van der Waals surface area contributed by atoms with E-state index >= 15 is 0 Å². The van der Waals surface area contributed by atoms with E-state index in [-0.39, 0.29) is 37.3 Å². The normalized spacial score (nSPS) is 35.5. The predicted molar refractivity (Wildman–Crippen MR) is 145 cm³/mol. The Morgan fingerprint density at radius 2 is 1.79 bits per heavy atom. The molecule has 2 unspecified atom stereocenters. The van der Waals surface area contributed by atoms with Crippen molar-refractivity contribution in [3.63, 3.8) is 0 Å². The number of nitrogens with one attached hydrogen (secondary N) is 2. The molecule has 0 saturated carbocycles. The lowest BCUT2D eigenvalue weighted by Gasteiger charge is -2.47. The molecule has 5 aliphatic heterocycles. The first-order valence-electron chi connectivity index (χ1n) is 14.1. The first-order chi connectivity index (χ1) is 20.3. The van der Waals surface area contributed by atoms with Crippen LogP contribution in [0.2, 0.25) is 0 Å². The molecular formula is C28H33N3O10S. The summed E-state index contributed by atoms with van der Waals surface area (Å²) in [4.78, 5) is 48.6. The van der Waals surface area contributed by atoms with Gasteiger partial charge in [-0.1, -0.05) is 30.7 Å². The number of rotatable bonds is 9. The van der Waals surface area contributed by atoms with Crippen molar-refractivity contribution >= 4 is 35.6 Å². The number of urea groups is 1. The molecule has 4 fully saturated rings. The van der Waals surface area contributed by atoms with Gasteiger partial charge in [0.1, 0.15) is 31.0 Å². The topological polar surface area (TPSA) is 173 Å². The third-order valence-corrected chi connectivity index (χ3v) is 9.67. The minimum absolute atomic E-state index is 0.00479. The lowest BCUT2D eigenvalue weighted by molar-refractivity contribution is -0.338. The Morgan fingerprint density at radius 1 is 1.02 bits per heavy atom. The number of fused-ring (bicyclic) bond motifs is 2. The summed E-state index contributed by atoms with van der Waals surface area (Å²) in [7, 11) is 0. The van der Waals surface area contributed by atoms with Crippen molar-refractivity contribution < 1.29 is 48.3 Å². The van der Waals surface area contributed by atoms with Gasteiger partial charge in [-0.25, -0.2) is 9.69 Å². The molecule has 4 amide bonds. The van der Waals surface area contributed by atoms with E-state index in [1.54, 1.807) is 24.3 Å². The number of thioether (sulfide) groups is 1. The number of carbonyl (C=O) groups is 4. The van der Waals surface area contributed by atoms with Gasteiger partial charge in [-0.2, -0.15) is 11.8 Å². The molecule has 14 heteroatoms. The number of esters is 1. The maximum atomic E-state index is 12.3. The van der Waals surface area contributed by atoms with Crippen LogP contribution in [-0.4, -0.2) is 99.3 Å². The number of aliphatic hydroxyl groups is 2. The van der Waals surface area contributed by atoms with Crippen LogP contribution in [0.15, 0.2) is 36.4 Å². The van der Waals surface area contributed by atoms with Gasteiger partial charge in [0.2, 0.25) is 0 Å².